The van der Waals surface area contributed by atoms with Gasteiger partial charge in [-0.3, -0.25) is 4.40 Å². The van der Waals surface area contributed by atoms with E-state index in [-0.39, 0.29) is 5.69 Å². The van der Waals surface area contributed by atoms with Gasteiger partial charge < -0.3 is 5.11 Å². The number of carbonyl (C=O) groups is 1. The second kappa shape index (κ2) is 2.54. The van der Waals surface area contributed by atoms with Crippen molar-refractivity contribution in [2.75, 3.05) is 0 Å². The Morgan fingerprint density at radius 3 is 3.00 bits per heavy atom. The zero-order valence-corrected chi connectivity index (χ0v) is 7.99. The average Bonchev–Trinajstić information content (AvgIpc) is 2.77. The lowest BCUT2D eigenvalue weighted by molar-refractivity contribution is 0.0689. The highest BCUT2D eigenvalue weighted by Gasteiger charge is 2.30. The zero-order chi connectivity index (χ0) is 9.71. The van der Waals surface area contributed by atoms with Crippen LogP contribution in [0.5, 0.6) is 0 Å². The lowest BCUT2D eigenvalue weighted by Gasteiger charge is -1.95. The zero-order valence-electron chi connectivity index (χ0n) is 7.17. The van der Waals surface area contributed by atoms with Crippen LogP contribution in [-0.4, -0.2) is 25.7 Å². The molecule has 2 aromatic rings. The number of rotatable bonds is 2. The minimum atomic E-state index is -0.919. The molecule has 2 aromatic heterocycles. The summed E-state index contributed by atoms with van der Waals surface area (Å²) in [5.74, 6) is 0.300. The van der Waals surface area contributed by atoms with E-state index >= 15 is 0 Å². The van der Waals surface area contributed by atoms with Gasteiger partial charge in [-0.15, -0.1) is 21.5 Å². The molecule has 0 amide bonds. The molecular formula is C8H7N3O2S. The summed E-state index contributed by atoms with van der Waals surface area (Å²) in [5, 5.41) is 18.5. The average molecular weight is 209 g/mol. The summed E-state index contributed by atoms with van der Waals surface area (Å²) in [6.45, 7) is 0. The molecule has 1 fully saturated rings. The first-order valence-electron chi connectivity index (χ1n) is 4.33. The summed E-state index contributed by atoms with van der Waals surface area (Å²) in [6, 6.07) is 0. The summed E-state index contributed by atoms with van der Waals surface area (Å²) >= 11 is 1.32. The fourth-order valence-corrected chi connectivity index (χ4v) is 2.31. The first-order valence-corrected chi connectivity index (χ1v) is 5.21. The topological polar surface area (TPSA) is 67.5 Å². The Bertz CT molecular complexity index is 512. The molecule has 1 aliphatic carbocycles. The molecule has 2 heterocycles. The first-order chi connectivity index (χ1) is 6.77. The van der Waals surface area contributed by atoms with Crippen LogP contribution in [0.15, 0.2) is 5.38 Å². The quantitative estimate of drug-likeness (QED) is 0.811. The molecule has 0 aliphatic heterocycles. The van der Waals surface area contributed by atoms with E-state index in [1.807, 2.05) is 0 Å². The van der Waals surface area contributed by atoms with E-state index in [4.69, 9.17) is 5.11 Å². The summed E-state index contributed by atoms with van der Waals surface area (Å²) in [4.78, 5) is 11.6. The summed E-state index contributed by atoms with van der Waals surface area (Å²) in [6.07, 6.45) is 2.19. The maximum Gasteiger partial charge on any atom is 0.353 e. The van der Waals surface area contributed by atoms with Gasteiger partial charge in [0.1, 0.15) is 11.5 Å². The minimum absolute atomic E-state index is 0.275. The van der Waals surface area contributed by atoms with Gasteiger partial charge in [0.15, 0.2) is 0 Å². The number of nitrogens with zero attached hydrogens (tertiary/aromatic N) is 3. The van der Waals surface area contributed by atoms with Crippen LogP contribution in [0.25, 0.3) is 4.96 Å². The van der Waals surface area contributed by atoms with Crippen LogP contribution in [0.4, 0.5) is 0 Å². The molecule has 0 saturated heterocycles. The monoisotopic (exact) mass is 209 g/mol. The largest absolute Gasteiger partial charge is 0.477 e. The third-order valence-corrected chi connectivity index (χ3v) is 3.15. The fourth-order valence-electron chi connectivity index (χ4n) is 1.50. The molecule has 1 aliphatic rings. The molecule has 0 atom stereocenters. The highest BCUT2D eigenvalue weighted by Crippen LogP contribution is 2.39. The first kappa shape index (κ1) is 7.93. The second-order valence-corrected chi connectivity index (χ2v) is 4.21. The van der Waals surface area contributed by atoms with Crippen molar-refractivity contribution in [2.45, 2.75) is 18.8 Å². The summed E-state index contributed by atoms with van der Waals surface area (Å²) in [7, 11) is 0. The molecule has 72 valence electrons. The molecule has 5 nitrogen and oxygen atoms in total. The summed E-state index contributed by atoms with van der Waals surface area (Å²) < 4.78 is 1.66. The van der Waals surface area contributed by atoms with Crippen molar-refractivity contribution in [3.8, 4) is 0 Å². The third kappa shape index (κ3) is 0.971. The fraction of sp³-hybridized carbons (Fsp3) is 0.375. The van der Waals surface area contributed by atoms with Gasteiger partial charge in [0.05, 0.1) is 0 Å². The smallest absolute Gasteiger partial charge is 0.353 e. The van der Waals surface area contributed by atoms with Crippen LogP contribution in [0, 0.1) is 0 Å². The Kier molecular flexibility index (Phi) is 1.44. The van der Waals surface area contributed by atoms with Gasteiger partial charge in [-0.05, 0) is 12.8 Å². The standard InChI is InChI=1S/C8H7N3O2S/c12-7(13)5-3-14-8-10-9-6(11(5)8)4-1-2-4/h3-4H,1-2H2,(H,12,13). The molecule has 14 heavy (non-hydrogen) atoms. The van der Waals surface area contributed by atoms with Crippen LogP contribution in [-0.2, 0) is 0 Å². The number of aromatic nitrogens is 3. The van der Waals surface area contributed by atoms with E-state index in [0.29, 0.717) is 10.9 Å². The lowest BCUT2D eigenvalue weighted by atomic mass is 10.4. The Balaban J connectivity index is 2.29. The van der Waals surface area contributed by atoms with Crippen LogP contribution in [0.2, 0.25) is 0 Å². The number of carboxylic acid groups (broad SMARTS) is 1. The van der Waals surface area contributed by atoms with Crippen molar-refractivity contribution in [3.05, 3.63) is 16.9 Å². The predicted octanol–water partition coefficient (Wildman–Crippen LogP) is 1.37. The summed E-state index contributed by atoms with van der Waals surface area (Å²) in [5.41, 5.74) is 0.275. The molecule has 6 heteroatoms. The number of fused-ring (bicyclic) bond motifs is 1. The molecule has 0 unspecified atom stereocenters. The normalized spacial score (nSPS) is 16.3. The van der Waals surface area contributed by atoms with Gasteiger partial charge in [-0.2, -0.15) is 0 Å². The number of aromatic carboxylic acids is 1. The van der Waals surface area contributed by atoms with Crippen molar-refractivity contribution in [2.24, 2.45) is 0 Å². The van der Waals surface area contributed by atoms with Gasteiger partial charge in [-0.25, -0.2) is 4.79 Å². The van der Waals surface area contributed by atoms with Crippen LogP contribution < -0.4 is 0 Å². The van der Waals surface area contributed by atoms with Crippen LogP contribution >= 0.6 is 11.3 Å². The second-order valence-electron chi connectivity index (χ2n) is 3.38. The number of carboxylic acids is 1. The molecule has 1 saturated carbocycles. The molecule has 1 N–H and O–H groups in total. The van der Waals surface area contributed by atoms with E-state index in [1.165, 1.54) is 11.3 Å². The van der Waals surface area contributed by atoms with Gasteiger partial charge in [-0.1, -0.05) is 0 Å². The van der Waals surface area contributed by atoms with Crippen molar-refractivity contribution < 1.29 is 9.90 Å². The number of hydrogen-bond acceptors (Lipinski definition) is 4. The van der Waals surface area contributed by atoms with Crippen molar-refractivity contribution in [1.29, 1.82) is 0 Å². The van der Waals surface area contributed by atoms with Crippen molar-refractivity contribution in [3.63, 3.8) is 0 Å². The third-order valence-electron chi connectivity index (χ3n) is 2.34. The molecule has 0 bridgehead atoms. The lowest BCUT2D eigenvalue weighted by Crippen LogP contribution is -2.03. The minimum Gasteiger partial charge on any atom is -0.477 e. The van der Waals surface area contributed by atoms with Crippen molar-refractivity contribution in [1.82, 2.24) is 14.6 Å². The predicted molar refractivity (Wildman–Crippen MR) is 49.8 cm³/mol. The highest BCUT2D eigenvalue weighted by molar-refractivity contribution is 7.15. The van der Waals surface area contributed by atoms with E-state index < -0.39 is 5.97 Å². The molecule has 0 spiro atoms. The Hall–Kier alpha value is -1.43. The van der Waals surface area contributed by atoms with Gasteiger partial charge >= 0.3 is 5.97 Å². The van der Waals surface area contributed by atoms with E-state index in [2.05, 4.69) is 10.2 Å². The maximum atomic E-state index is 10.9. The SMILES string of the molecule is O=C(O)c1csc2nnc(C3CC3)n12. The number of thiazole rings is 1. The van der Waals surface area contributed by atoms with Crippen LogP contribution in [0.1, 0.15) is 35.1 Å². The Morgan fingerprint density at radius 1 is 1.57 bits per heavy atom. The van der Waals surface area contributed by atoms with E-state index in [1.54, 1.807) is 9.78 Å². The number of hydrogen-bond donors (Lipinski definition) is 1. The van der Waals surface area contributed by atoms with Crippen LogP contribution in [0.3, 0.4) is 0 Å². The molecule has 0 aromatic carbocycles. The molecular weight excluding hydrogens is 202 g/mol. The van der Waals surface area contributed by atoms with Gasteiger partial charge in [0, 0.05) is 11.3 Å². The molecule has 3 rings (SSSR count). The van der Waals surface area contributed by atoms with E-state index in [9.17, 15) is 4.79 Å². The maximum absolute atomic E-state index is 10.9. The van der Waals surface area contributed by atoms with Crippen molar-refractivity contribution >= 4 is 22.3 Å². The van der Waals surface area contributed by atoms with Gasteiger partial charge in [0.25, 0.3) is 0 Å². The van der Waals surface area contributed by atoms with E-state index in [0.717, 1.165) is 18.7 Å². The highest BCUT2D eigenvalue weighted by atomic mass is 32.1. The Morgan fingerprint density at radius 2 is 2.36 bits per heavy atom. The van der Waals surface area contributed by atoms with Gasteiger partial charge in [0.2, 0.25) is 4.96 Å². The molecule has 0 radical (unpaired) electrons. The Labute approximate surface area is 83.0 Å².